The van der Waals surface area contributed by atoms with Crippen LogP contribution in [0.2, 0.25) is 0 Å². The predicted molar refractivity (Wildman–Crippen MR) is 386 cm³/mol. The van der Waals surface area contributed by atoms with Gasteiger partial charge >= 0.3 is 0 Å². The van der Waals surface area contributed by atoms with Gasteiger partial charge in [-0.3, -0.25) is 9.13 Å². The Morgan fingerprint density at radius 2 is 0.553 bits per heavy atom. The summed E-state index contributed by atoms with van der Waals surface area (Å²) in [5, 5.41) is 9.57. The molecule has 0 aliphatic carbocycles. The van der Waals surface area contributed by atoms with Crippen LogP contribution in [-0.4, -0.2) is 43.2 Å². The molecule has 0 N–H and O–H groups in total. The first-order valence-electron chi connectivity index (χ1n) is 31.7. The lowest BCUT2D eigenvalue weighted by atomic mass is 10.0. The fraction of sp³-hybridized carbons (Fsp3) is 0. The van der Waals surface area contributed by atoms with Crippen LogP contribution in [0.1, 0.15) is 0 Å². The molecule has 6 heterocycles. The molecule has 0 saturated carbocycles. The molecule has 19 rings (SSSR count). The van der Waals surface area contributed by atoms with Crippen LogP contribution in [0, 0.1) is 0 Å². The summed E-state index contributed by atoms with van der Waals surface area (Å²) in [6.07, 6.45) is 0. The molecule has 9 heteroatoms. The van der Waals surface area contributed by atoms with Crippen molar-refractivity contribution in [2.75, 3.05) is 0 Å². The monoisotopic (exact) mass is 1200 g/mol. The zero-order valence-corrected chi connectivity index (χ0v) is 50.8. The molecule has 6 aromatic heterocycles. The van der Waals surface area contributed by atoms with Crippen molar-refractivity contribution in [1.82, 2.24) is 43.2 Å². The number of aromatic nitrogens is 9. The topological polar surface area (TPSA) is 84.2 Å². The normalized spacial score (nSPS) is 11.6. The number of hydrogen-bond acceptors (Lipinski definition) is 5. The third-order valence-corrected chi connectivity index (χ3v) is 18.1. The fourth-order valence-corrected chi connectivity index (χ4v) is 13.9. The summed E-state index contributed by atoms with van der Waals surface area (Å²) < 4.78 is 9.28. The van der Waals surface area contributed by atoms with Gasteiger partial charge in [-0.25, -0.2) is 15.0 Å². The van der Waals surface area contributed by atoms with Crippen LogP contribution in [-0.2, 0) is 0 Å². The lowest BCUT2D eigenvalue weighted by Crippen LogP contribution is -2.06. The van der Waals surface area contributed by atoms with E-state index in [0.717, 1.165) is 94.6 Å². The van der Waals surface area contributed by atoms with Crippen LogP contribution >= 0.6 is 0 Å². The minimum atomic E-state index is 0.586. The lowest BCUT2D eigenvalue weighted by molar-refractivity contribution is 0.953. The number of nitrogens with zero attached hydrogens (tertiary/aromatic N) is 9. The second-order valence-electron chi connectivity index (χ2n) is 23.6. The first kappa shape index (κ1) is 54.1. The maximum Gasteiger partial charge on any atom is 0.238 e. The van der Waals surface area contributed by atoms with E-state index in [2.05, 4.69) is 267 Å². The Balaban J connectivity index is 0.000000139. The van der Waals surface area contributed by atoms with Gasteiger partial charge in [0.15, 0.2) is 17.5 Å². The maximum atomic E-state index is 5.28. The smallest absolute Gasteiger partial charge is 0.238 e. The Bertz CT molecular complexity index is 5960. The first-order valence-corrected chi connectivity index (χ1v) is 31.7. The molecule has 19 aromatic rings. The number of hydrogen-bond donors (Lipinski definition) is 0. The van der Waals surface area contributed by atoms with Crippen molar-refractivity contribution in [2.24, 2.45) is 0 Å². The van der Waals surface area contributed by atoms with Gasteiger partial charge in [0.1, 0.15) is 5.82 Å². The molecule has 440 valence electrons. The highest BCUT2D eigenvalue weighted by Crippen LogP contribution is 2.43. The predicted octanol–water partition coefficient (Wildman–Crippen LogP) is 21.1. The van der Waals surface area contributed by atoms with Gasteiger partial charge in [0.05, 0.1) is 49.8 Å². The summed E-state index contributed by atoms with van der Waals surface area (Å²) in [5.74, 6) is 3.39. The van der Waals surface area contributed by atoms with E-state index in [1.165, 1.54) is 48.9 Å². The number of rotatable bonds is 9. The molecule has 0 saturated heterocycles. The summed E-state index contributed by atoms with van der Waals surface area (Å²) in [5.41, 5.74) is 18.4. The lowest BCUT2D eigenvalue weighted by Gasteiger charge is -2.14. The Hall–Kier alpha value is -12.9. The van der Waals surface area contributed by atoms with E-state index in [9.17, 15) is 0 Å². The van der Waals surface area contributed by atoms with E-state index < -0.39 is 0 Å². The fourth-order valence-electron chi connectivity index (χ4n) is 13.9. The van der Waals surface area contributed by atoms with Crippen LogP contribution in [0.5, 0.6) is 0 Å². The van der Waals surface area contributed by atoms with Crippen molar-refractivity contribution in [3.05, 3.63) is 334 Å². The van der Waals surface area contributed by atoms with Gasteiger partial charge in [0.25, 0.3) is 0 Å². The molecule has 0 aliphatic rings. The Kier molecular flexibility index (Phi) is 13.0. The third-order valence-electron chi connectivity index (χ3n) is 18.1. The number of fused-ring (bicyclic) bond motifs is 13. The summed E-state index contributed by atoms with van der Waals surface area (Å²) >= 11 is 0. The van der Waals surface area contributed by atoms with Gasteiger partial charge in [-0.05, 0) is 77.9 Å². The second kappa shape index (κ2) is 22.6. The van der Waals surface area contributed by atoms with E-state index in [1.54, 1.807) is 0 Å². The van der Waals surface area contributed by atoms with Crippen molar-refractivity contribution < 1.29 is 0 Å². The average Bonchev–Trinajstić information content (AvgIpc) is 1.55. The molecule has 94 heavy (non-hydrogen) atoms. The van der Waals surface area contributed by atoms with Gasteiger partial charge in [-0.1, -0.05) is 261 Å². The SMILES string of the molecule is c1ccc(-c2cc(-n3c4ccccc4c4ccc5c6ccccc6n(-c6ccccc6)c5c43)nc(-c3ccccc3)n2)cc1.c1ccc(-c2nc(-c3ccccc3)nc(-n3c4ccccc4c4ccc(-c5ccc6c(c5)c5ccccc5n6-c5ccccc5)cc43)n2)cc1. The first-order chi connectivity index (χ1) is 46.6. The van der Waals surface area contributed by atoms with Gasteiger partial charge < -0.3 is 9.13 Å². The van der Waals surface area contributed by atoms with Crippen LogP contribution in [0.15, 0.2) is 334 Å². The molecule has 0 bridgehead atoms. The van der Waals surface area contributed by atoms with E-state index >= 15 is 0 Å². The molecule has 0 atom stereocenters. The van der Waals surface area contributed by atoms with Gasteiger partial charge in [0, 0.05) is 82.8 Å². The third kappa shape index (κ3) is 9.13. The molecule has 9 nitrogen and oxygen atoms in total. The molecule has 0 unspecified atom stereocenters. The maximum absolute atomic E-state index is 5.28. The quantitative estimate of drug-likeness (QED) is 0.144. The summed E-state index contributed by atoms with van der Waals surface area (Å²) in [6, 6.07) is 117. The standard InChI is InChI=1S/C45H29N5.C40H26N4/c1-4-14-30(15-5-1)43-46-44(31-16-6-2-7-17-31)48-45(47-43)50-40-23-13-10-20-35(40)37-26-24-33(29-42(37)50)32-25-27-41-38(28-32)36-21-11-12-22-39(36)49(41)34-18-8-3-9-19-34;1-4-14-27(15-5-1)34-26-37(42-40(41-34)28-16-6-2-7-17-28)44-36-23-13-11-21-31(36)33-25-24-32-30-20-10-12-22-35(30)43(38(32)39(33)44)29-18-8-3-9-19-29/h1-29H;1-26H. The van der Waals surface area contributed by atoms with Crippen LogP contribution in [0.3, 0.4) is 0 Å². The largest absolute Gasteiger partial charge is 0.309 e. The highest BCUT2D eigenvalue weighted by atomic mass is 15.2. The Morgan fingerprint density at radius 3 is 1.10 bits per heavy atom. The molecule has 0 spiro atoms. The van der Waals surface area contributed by atoms with Crippen molar-refractivity contribution in [3.8, 4) is 79.7 Å². The Labute approximate surface area is 540 Å². The van der Waals surface area contributed by atoms with Crippen molar-refractivity contribution in [3.63, 3.8) is 0 Å². The molecular formula is C85H55N9. The second-order valence-corrected chi connectivity index (χ2v) is 23.6. The highest BCUT2D eigenvalue weighted by Gasteiger charge is 2.24. The van der Waals surface area contributed by atoms with E-state index in [-0.39, 0.29) is 0 Å². The minimum Gasteiger partial charge on any atom is -0.309 e. The van der Waals surface area contributed by atoms with Crippen molar-refractivity contribution in [1.29, 1.82) is 0 Å². The van der Waals surface area contributed by atoms with Crippen molar-refractivity contribution >= 4 is 87.2 Å². The van der Waals surface area contributed by atoms with E-state index in [0.29, 0.717) is 23.4 Å². The zero-order chi connectivity index (χ0) is 62.1. The highest BCUT2D eigenvalue weighted by molar-refractivity contribution is 6.24. The molecule has 13 aromatic carbocycles. The molecule has 0 amide bonds. The summed E-state index contributed by atoms with van der Waals surface area (Å²) in [4.78, 5) is 25.5. The number of para-hydroxylation sites is 6. The van der Waals surface area contributed by atoms with Gasteiger partial charge in [0.2, 0.25) is 5.95 Å². The molecule has 0 radical (unpaired) electrons. The average molecular weight is 1200 g/mol. The molecular weight excluding hydrogens is 1150 g/mol. The Morgan fingerprint density at radius 1 is 0.191 bits per heavy atom. The van der Waals surface area contributed by atoms with Crippen molar-refractivity contribution in [2.45, 2.75) is 0 Å². The van der Waals surface area contributed by atoms with Gasteiger partial charge in [-0.2, -0.15) is 9.97 Å². The summed E-state index contributed by atoms with van der Waals surface area (Å²) in [7, 11) is 0. The van der Waals surface area contributed by atoms with E-state index in [4.69, 9.17) is 24.9 Å². The molecule has 0 aliphatic heterocycles. The minimum absolute atomic E-state index is 0.586. The van der Waals surface area contributed by atoms with E-state index in [1.807, 2.05) is 84.9 Å². The van der Waals surface area contributed by atoms with Crippen LogP contribution in [0.4, 0.5) is 0 Å². The van der Waals surface area contributed by atoms with Crippen LogP contribution < -0.4 is 0 Å². The van der Waals surface area contributed by atoms with Gasteiger partial charge in [-0.15, -0.1) is 0 Å². The van der Waals surface area contributed by atoms with Crippen LogP contribution in [0.25, 0.3) is 167 Å². The number of benzene rings is 13. The summed E-state index contributed by atoms with van der Waals surface area (Å²) in [6.45, 7) is 0. The molecule has 0 fully saturated rings. The zero-order valence-electron chi connectivity index (χ0n) is 50.8.